The molecule has 0 aliphatic heterocycles. The topological polar surface area (TPSA) is 91.8 Å². The third kappa shape index (κ3) is 2.40. The molecule has 0 saturated carbocycles. The predicted octanol–water partition coefficient (Wildman–Crippen LogP) is 1.44. The summed E-state index contributed by atoms with van der Waals surface area (Å²) in [5.41, 5.74) is 6.83. The van der Waals surface area contributed by atoms with Crippen LogP contribution in [0.3, 0.4) is 0 Å². The number of nitrogens with two attached hydrogens (primary N) is 1. The third-order valence-corrected chi connectivity index (χ3v) is 3.32. The standard InChI is InChI=1S/C14H16N4O2/c1-9(13(15)17-20)18(2)14(19)11-5-3-7-12-10(11)6-4-8-16-12/h3-9,20H,1-2H3,(H2,15,17). The highest BCUT2D eigenvalue weighted by Crippen LogP contribution is 2.18. The number of rotatable bonds is 3. The van der Waals surface area contributed by atoms with Crippen molar-refractivity contribution in [3.8, 4) is 0 Å². The van der Waals surface area contributed by atoms with Crippen molar-refractivity contribution in [1.29, 1.82) is 0 Å². The minimum atomic E-state index is -0.501. The zero-order valence-corrected chi connectivity index (χ0v) is 11.3. The van der Waals surface area contributed by atoms with E-state index in [4.69, 9.17) is 10.9 Å². The van der Waals surface area contributed by atoms with E-state index in [1.807, 2.05) is 12.1 Å². The first-order valence-corrected chi connectivity index (χ1v) is 6.14. The van der Waals surface area contributed by atoms with E-state index >= 15 is 0 Å². The van der Waals surface area contributed by atoms with Crippen LogP contribution in [0.5, 0.6) is 0 Å². The average Bonchev–Trinajstić information content (AvgIpc) is 2.51. The monoisotopic (exact) mass is 272 g/mol. The molecule has 1 heterocycles. The van der Waals surface area contributed by atoms with Gasteiger partial charge in [0.1, 0.15) is 0 Å². The lowest BCUT2D eigenvalue weighted by Crippen LogP contribution is -2.43. The molecule has 0 aliphatic carbocycles. The van der Waals surface area contributed by atoms with E-state index in [-0.39, 0.29) is 11.7 Å². The first-order valence-electron chi connectivity index (χ1n) is 6.14. The highest BCUT2D eigenvalue weighted by molar-refractivity contribution is 6.07. The molecule has 0 bridgehead atoms. The van der Waals surface area contributed by atoms with Crippen LogP contribution in [0.2, 0.25) is 0 Å². The Morgan fingerprint density at radius 1 is 1.40 bits per heavy atom. The van der Waals surface area contributed by atoms with Crippen molar-refractivity contribution in [3.05, 3.63) is 42.1 Å². The number of oxime groups is 1. The van der Waals surface area contributed by atoms with Crippen LogP contribution in [0, 0.1) is 0 Å². The fourth-order valence-electron chi connectivity index (χ4n) is 1.94. The van der Waals surface area contributed by atoms with E-state index in [1.54, 1.807) is 38.4 Å². The second kappa shape index (κ2) is 5.56. The number of likely N-dealkylation sites (N-methyl/N-ethyl adjacent to an activating group) is 1. The first-order chi connectivity index (χ1) is 9.56. The molecule has 0 fully saturated rings. The van der Waals surface area contributed by atoms with E-state index in [1.165, 1.54) is 4.90 Å². The molecule has 1 amide bonds. The van der Waals surface area contributed by atoms with Crippen molar-refractivity contribution in [3.63, 3.8) is 0 Å². The normalized spacial score (nSPS) is 13.2. The van der Waals surface area contributed by atoms with Gasteiger partial charge in [-0.25, -0.2) is 0 Å². The van der Waals surface area contributed by atoms with Gasteiger partial charge in [-0.3, -0.25) is 9.78 Å². The Labute approximate surface area is 116 Å². The number of fused-ring (bicyclic) bond motifs is 1. The summed E-state index contributed by atoms with van der Waals surface area (Å²) in [5, 5.41) is 12.4. The van der Waals surface area contributed by atoms with Crippen LogP contribution in [0.4, 0.5) is 0 Å². The fourth-order valence-corrected chi connectivity index (χ4v) is 1.94. The van der Waals surface area contributed by atoms with Crippen molar-refractivity contribution >= 4 is 22.6 Å². The van der Waals surface area contributed by atoms with Gasteiger partial charge in [-0.05, 0) is 25.1 Å². The number of hydrogen-bond donors (Lipinski definition) is 2. The molecular formula is C14H16N4O2. The summed E-state index contributed by atoms with van der Waals surface area (Å²) in [5.74, 6) is -0.220. The van der Waals surface area contributed by atoms with E-state index in [9.17, 15) is 4.79 Å². The second-order valence-corrected chi connectivity index (χ2v) is 4.49. The minimum Gasteiger partial charge on any atom is -0.409 e. The van der Waals surface area contributed by atoms with E-state index < -0.39 is 6.04 Å². The summed E-state index contributed by atoms with van der Waals surface area (Å²) in [6, 6.07) is 8.49. The third-order valence-electron chi connectivity index (χ3n) is 3.32. The lowest BCUT2D eigenvalue weighted by atomic mass is 10.1. The largest absolute Gasteiger partial charge is 0.409 e. The van der Waals surface area contributed by atoms with Crippen LogP contribution in [-0.2, 0) is 0 Å². The van der Waals surface area contributed by atoms with Gasteiger partial charge in [-0.15, -0.1) is 0 Å². The van der Waals surface area contributed by atoms with Gasteiger partial charge in [0.2, 0.25) is 0 Å². The van der Waals surface area contributed by atoms with Crippen LogP contribution < -0.4 is 5.73 Å². The van der Waals surface area contributed by atoms with Gasteiger partial charge < -0.3 is 15.8 Å². The SMILES string of the molecule is CC(C(N)=NO)N(C)C(=O)c1cccc2ncccc12. The molecule has 3 N–H and O–H groups in total. The molecule has 6 heteroatoms. The maximum absolute atomic E-state index is 12.5. The first kappa shape index (κ1) is 13.8. The molecule has 1 aromatic carbocycles. The molecule has 2 rings (SSSR count). The molecule has 1 unspecified atom stereocenters. The smallest absolute Gasteiger partial charge is 0.254 e. The van der Waals surface area contributed by atoms with Gasteiger partial charge in [-0.1, -0.05) is 17.3 Å². The molecule has 0 spiro atoms. The van der Waals surface area contributed by atoms with Gasteiger partial charge in [0.15, 0.2) is 5.84 Å². The fraction of sp³-hybridized carbons (Fsp3) is 0.214. The minimum absolute atomic E-state index is 0.0146. The number of pyridine rings is 1. The molecule has 104 valence electrons. The molecule has 1 atom stereocenters. The predicted molar refractivity (Wildman–Crippen MR) is 76.7 cm³/mol. The summed E-state index contributed by atoms with van der Waals surface area (Å²) in [6.45, 7) is 1.69. The highest BCUT2D eigenvalue weighted by Gasteiger charge is 2.22. The van der Waals surface area contributed by atoms with Gasteiger partial charge in [0.05, 0.1) is 11.6 Å². The quantitative estimate of drug-likeness (QED) is 0.383. The lowest BCUT2D eigenvalue weighted by Gasteiger charge is -2.24. The zero-order valence-electron chi connectivity index (χ0n) is 11.3. The molecule has 6 nitrogen and oxygen atoms in total. The number of amidine groups is 1. The second-order valence-electron chi connectivity index (χ2n) is 4.49. The number of hydrogen-bond acceptors (Lipinski definition) is 4. The number of carbonyl (C=O) groups is 1. The van der Waals surface area contributed by atoms with Gasteiger partial charge in [0, 0.05) is 24.2 Å². The number of carbonyl (C=O) groups excluding carboxylic acids is 1. The van der Waals surface area contributed by atoms with Crippen LogP contribution in [0.15, 0.2) is 41.7 Å². The summed E-state index contributed by atoms with van der Waals surface area (Å²) in [6.07, 6.45) is 1.68. The van der Waals surface area contributed by atoms with Crippen molar-refractivity contribution in [2.24, 2.45) is 10.9 Å². The van der Waals surface area contributed by atoms with Crippen molar-refractivity contribution < 1.29 is 10.0 Å². The molecule has 0 radical (unpaired) electrons. The summed E-state index contributed by atoms with van der Waals surface area (Å²) >= 11 is 0. The van der Waals surface area contributed by atoms with Crippen LogP contribution in [0.1, 0.15) is 17.3 Å². The number of benzene rings is 1. The van der Waals surface area contributed by atoms with Crippen LogP contribution >= 0.6 is 0 Å². The maximum Gasteiger partial charge on any atom is 0.254 e. The Kier molecular flexibility index (Phi) is 3.84. The Morgan fingerprint density at radius 2 is 2.15 bits per heavy atom. The molecule has 1 aromatic heterocycles. The number of aromatic nitrogens is 1. The average molecular weight is 272 g/mol. The van der Waals surface area contributed by atoms with E-state index in [0.29, 0.717) is 5.56 Å². The Balaban J connectivity index is 2.41. The van der Waals surface area contributed by atoms with Crippen molar-refractivity contribution in [1.82, 2.24) is 9.88 Å². The number of nitrogens with zero attached hydrogens (tertiary/aromatic N) is 3. The van der Waals surface area contributed by atoms with Crippen molar-refractivity contribution in [2.75, 3.05) is 7.05 Å². The zero-order chi connectivity index (χ0) is 14.7. The highest BCUT2D eigenvalue weighted by atomic mass is 16.4. The Hall–Kier alpha value is -2.63. The Bertz CT molecular complexity index is 664. The summed E-state index contributed by atoms with van der Waals surface area (Å²) < 4.78 is 0. The summed E-state index contributed by atoms with van der Waals surface area (Å²) in [4.78, 5) is 18.2. The molecule has 2 aromatic rings. The van der Waals surface area contributed by atoms with Crippen LogP contribution in [-0.4, -0.2) is 39.9 Å². The Morgan fingerprint density at radius 3 is 2.85 bits per heavy atom. The summed E-state index contributed by atoms with van der Waals surface area (Å²) in [7, 11) is 1.61. The van der Waals surface area contributed by atoms with E-state index in [2.05, 4.69) is 10.1 Å². The number of amides is 1. The van der Waals surface area contributed by atoms with Gasteiger partial charge >= 0.3 is 0 Å². The molecule has 0 aliphatic rings. The van der Waals surface area contributed by atoms with Crippen LogP contribution in [0.25, 0.3) is 10.9 Å². The van der Waals surface area contributed by atoms with Crippen molar-refractivity contribution in [2.45, 2.75) is 13.0 Å². The van der Waals surface area contributed by atoms with Gasteiger partial charge in [0.25, 0.3) is 5.91 Å². The maximum atomic E-state index is 12.5. The molecule has 20 heavy (non-hydrogen) atoms. The molecule has 0 saturated heterocycles. The van der Waals surface area contributed by atoms with Gasteiger partial charge in [-0.2, -0.15) is 0 Å². The lowest BCUT2D eigenvalue weighted by molar-refractivity contribution is 0.0778. The molecular weight excluding hydrogens is 256 g/mol. The van der Waals surface area contributed by atoms with E-state index in [0.717, 1.165) is 10.9 Å².